The SMILES string of the molecule is N#Cc1ccc(S(=O)(=O)N2CCCC(CCO)C2)s1. The Hall–Kier alpha value is -0.940. The monoisotopic (exact) mass is 300 g/mol. The van der Waals surface area contributed by atoms with Crippen molar-refractivity contribution in [2.45, 2.75) is 23.5 Å². The highest BCUT2D eigenvalue weighted by atomic mass is 32.2. The Labute approximate surface area is 117 Å². The molecule has 1 aromatic rings. The zero-order valence-electron chi connectivity index (χ0n) is 10.4. The molecule has 5 nitrogen and oxygen atoms in total. The van der Waals surface area contributed by atoms with E-state index in [1.165, 1.54) is 16.4 Å². The molecular weight excluding hydrogens is 284 g/mol. The van der Waals surface area contributed by atoms with E-state index in [0.29, 0.717) is 24.4 Å². The lowest BCUT2D eigenvalue weighted by Crippen LogP contribution is -2.39. The van der Waals surface area contributed by atoms with Gasteiger partial charge in [0, 0.05) is 19.7 Å². The first-order valence-corrected chi connectivity index (χ1v) is 8.44. The Kier molecular flexibility index (Phi) is 4.58. The number of rotatable bonds is 4. The minimum Gasteiger partial charge on any atom is -0.396 e. The zero-order chi connectivity index (χ0) is 13.9. The van der Waals surface area contributed by atoms with Crippen molar-refractivity contribution in [1.82, 2.24) is 4.31 Å². The molecule has 2 heterocycles. The Morgan fingerprint density at radius 3 is 2.95 bits per heavy atom. The van der Waals surface area contributed by atoms with Gasteiger partial charge in [-0.05, 0) is 37.3 Å². The van der Waals surface area contributed by atoms with Crippen LogP contribution >= 0.6 is 11.3 Å². The summed E-state index contributed by atoms with van der Waals surface area (Å²) in [5.74, 6) is 0.226. The molecule has 0 aliphatic carbocycles. The molecule has 1 fully saturated rings. The number of nitrogens with zero attached hydrogens (tertiary/aromatic N) is 2. The van der Waals surface area contributed by atoms with E-state index >= 15 is 0 Å². The zero-order valence-corrected chi connectivity index (χ0v) is 12.1. The van der Waals surface area contributed by atoms with E-state index in [9.17, 15) is 8.42 Å². The van der Waals surface area contributed by atoms with Crippen LogP contribution in [-0.4, -0.2) is 37.5 Å². The summed E-state index contributed by atoms with van der Waals surface area (Å²) >= 11 is 1.01. The molecule has 0 saturated carbocycles. The summed E-state index contributed by atoms with van der Waals surface area (Å²) in [4.78, 5) is 0.405. The van der Waals surface area contributed by atoms with Crippen molar-refractivity contribution in [2.24, 2.45) is 5.92 Å². The molecule has 2 rings (SSSR count). The van der Waals surface area contributed by atoms with Gasteiger partial charge in [0.2, 0.25) is 0 Å². The average molecular weight is 300 g/mol. The molecule has 104 valence electrons. The van der Waals surface area contributed by atoms with Crippen LogP contribution in [0.15, 0.2) is 16.3 Å². The minimum atomic E-state index is -3.48. The minimum absolute atomic E-state index is 0.0934. The van der Waals surface area contributed by atoms with Crippen molar-refractivity contribution in [3.05, 3.63) is 17.0 Å². The van der Waals surface area contributed by atoms with Crippen LogP contribution in [0.5, 0.6) is 0 Å². The molecule has 0 aromatic carbocycles. The van der Waals surface area contributed by atoms with E-state index in [1.807, 2.05) is 6.07 Å². The van der Waals surface area contributed by atoms with Gasteiger partial charge >= 0.3 is 0 Å². The normalized spacial score (nSPS) is 21.2. The van der Waals surface area contributed by atoms with Crippen LogP contribution in [0.4, 0.5) is 0 Å². The summed E-state index contributed by atoms with van der Waals surface area (Å²) in [6.45, 7) is 1.07. The third kappa shape index (κ3) is 3.15. The van der Waals surface area contributed by atoms with Crippen LogP contribution in [0.1, 0.15) is 24.1 Å². The summed E-state index contributed by atoms with van der Waals surface area (Å²) < 4.78 is 26.6. The number of aliphatic hydroxyl groups is 1. The number of thiophene rings is 1. The van der Waals surface area contributed by atoms with Gasteiger partial charge in [-0.3, -0.25) is 0 Å². The first-order chi connectivity index (χ1) is 9.07. The Bertz CT molecular complexity index is 572. The van der Waals surface area contributed by atoms with Crippen LogP contribution in [0.2, 0.25) is 0 Å². The number of sulfonamides is 1. The molecule has 0 spiro atoms. The number of piperidine rings is 1. The lowest BCUT2D eigenvalue weighted by molar-refractivity contribution is 0.203. The van der Waals surface area contributed by atoms with Crippen molar-refractivity contribution in [3.63, 3.8) is 0 Å². The highest BCUT2D eigenvalue weighted by Gasteiger charge is 2.31. The quantitative estimate of drug-likeness (QED) is 0.911. The second kappa shape index (κ2) is 6.01. The molecule has 1 atom stereocenters. The molecule has 0 radical (unpaired) electrons. The van der Waals surface area contributed by atoms with Crippen LogP contribution in [0, 0.1) is 17.2 Å². The predicted molar refractivity (Wildman–Crippen MR) is 72.2 cm³/mol. The fraction of sp³-hybridized carbons (Fsp3) is 0.583. The number of aliphatic hydroxyl groups excluding tert-OH is 1. The second-order valence-electron chi connectivity index (χ2n) is 4.61. The highest BCUT2D eigenvalue weighted by Crippen LogP contribution is 2.28. The molecule has 1 aromatic heterocycles. The summed E-state index contributed by atoms with van der Waals surface area (Å²) in [6.07, 6.45) is 2.42. The number of hydrogen-bond donors (Lipinski definition) is 1. The van der Waals surface area contributed by atoms with E-state index in [2.05, 4.69) is 0 Å². The molecule has 0 amide bonds. The topological polar surface area (TPSA) is 81.4 Å². The van der Waals surface area contributed by atoms with Gasteiger partial charge in [-0.25, -0.2) is 8.42 Å². The van der Waals surface area contributed by atoms with Gasteiger partial charge in [0.05, 0.1) is 0 Å². The lowest BCUT2D eigenvalue weighted by atomic mass is 9.97. The van der Waals surface area contributed by atoms with Gasteiger partial charge in [-0.15, -0.1) is 11.3 Å². The predicted octanol–water partition coefficient (Wildman–Crippen LogP) is 1.40. The van der Waals surface area contributed by atoms with Crippen molar-refractivity contribution >= 4 is 21.4 Å². The average Bonchev–Trinajstić information content (AvgIpc) is 2.89. The standard InChI is InChI=1S/C12H16N2O3S2/c13-8-11-3-4-12(18-11)19(16,17)14-6-1-2-10(9-14)5-7-15/h3-4,10,15H,1-2,5-7,9H2. The highest BCUT2D eigenvalue weighted by molar-refractivity contribution is 7.91. The molecule has 19 heavy (non-hydrogen) atoms. The molecule has 0 bridgehead atoms. The fourth-order valence-corrected chi connectivity index (χ4v) is 5.12. The van der Waals surface area contributed by atoms with E-state index in [1.54, 1.807) is 0 Å². The maximum atomic E-state index is 12.4. The third-order valence-electron chi connectivity index (χ3n) is 3.30. The van der Waals surface area contributed by atoms with Gasteiger partial charge in [0.1, 0.15) is 15.2 Å². The summed E-state index contributed by atoms with van der Waals surface area (Å²) in [7, 11) is -3.48. The molecule has 1 unspecified atom stereocenters. The van der Waals surface area contributed by atoms with Gasteiger partial charge in [-0.1, -0.05) is 0 Å². The van der Waals surface area contributed by atoms with Crippen molar-refractivity contribution in [2.75, 3.05) is 19.7 Å². The molecule has 1 aliphatic heterocycles. The van der Waals surface area contributed by atoms with Gasteiger partial charge in [-0.2, -0.15) is 9.57 Å². The lowest BCUT2D eigenvalue weighted by Gasteiger charge is -2.31. The molecule has 1 aliphatic rings. The van der Waals surface area contributed by atoms with Gasteiger partial charge in [0.25, 0.3) is 10.0 Å². The fourth-order valence-electron chi connectivity index (χ4n) is 2.31. The molecule has 1 N–H and O–H groups in total. The molecule has 1 saturated heterocycles. The van der Waals surface area contributed by atoms with Crippen LogP contribution in [0.3, 0.4) is 0 Å². The maximum Gasteiger partial charge on any atom is 0.252 e. The molecule has 7 heteroatoms. The van der Waals surface area contributed by atoms with Crippen molar-refractivity contribution in [3.8, 4) is 6.07 Å². The van der Waals surface area contributed by atoms with Crippen molar-refractivity contribution in [1.29, 1.82) is 5.26 Å². The Morgan fingerprint density at radius 1 is 1.53 bits per heavy atom. The van der Waals surface area contributed by atoms with E-state index in [-0.39, 0.29) is 16.7 Å². The van der Waals surface area contributed by atoms with Crippen LogP contribution in [-0.2, 0) is 10.0 Å². The first-order valence-electron chi connectivity index (χ1n) is 6.19. The van der Waals surface area contributed by atoms with Gasteiger partial charge < -0.3 is 5.11 Å². The second-order valence-corrected chi connectivity index (χ2v) is 7.86. The maximum absolute atomic E-state index is 12.4. The van der Waals surface area contributed by atoms with E-state index < -0.39 is 10.0 Å². The van der Waals surface area contributed by atoms with E-state index in [0.717, 1.165) is 24.2 Å². The van der Waals surface area contributed by atoms with Crippen LogP contribution < -0.4 is 0 Å². The number of nitriles is 1. The summed E-state index contributed by atoms with van der Waals surface area (Å²) in [5, 5.41) is 17.7. The number of hydrogen-bond acceptors (Lipinski definition) is 5. The van der Waals surface area contributed by atoms with Gasteiger partial charge in [0.15, 0.2) is 0 Å². The van der Waals surface area contributed by atoms with E-state index in [4.69, 9.17) is 10.4 Å². The molecular formula is C12H16N2O3S2. The Balaban J connectivity index is 2.17. The van der Waals surface area contributed by atoms with Crippen molar-refractivity contribution < 1.29 is 13.5 Å². The smallest absolute Gasteiger partial charge is 0.252 e. The summed E-state index contributed by atoms with van der Waals surface area (Å²) in [6, 6.07) is 4.98. The third-order valence-corrected chi connectivity index (χ3v) is 6.63. The largest absolute Gasteiger partial charge is 0.396 e. The van der Waals surface area contributed by atoms with Crippen LogP contribution in [0.25, 0.3) is 0 Å². The summed E-state index contributed by atoms with van der Waals surface area (Å²) in [5.41, 5.74) is 0. The first kappa shape index (κ1) is 14.5. The Morgan fingerprint density at radius 2 is 2.32 bits per heavy atom.